The Kier molecular flexibility index (Phi) is 5.85. The third-order valence-corrected chi connectivity index (χ3v) is 4.14. The topological polar surface area (TPSA) is 41.1 Å². The number of amides is 2. The second-order valence-corrected chi connectivity index (χ2v) is 6.32. The minimum atomic E-state index is -0.177. The molecule has 2 aromatic carbocycles. The summed E-state index contributed by atoms with van der Waals surface area (Å²) in [7, 11) is 0. The fraction of sp³-hybridized carbons (Fsp3) is 0.133. The van der Waals surface area contributed by atoms with E-state index in [9.17, 15) is 4.79 Å². The second kappa shape index (κ2) is 7.64. The number of rotatable bonds is 4. The number of halogens is 2. The summed E-state index contributed by atoms with van der Waals surface area (Å²) in [5.74, 6) is 0. The van der Waals surface area contributed by atoms with Gasteiger partial charge in [0.1, 0.15) is 0 Å². The van der Waals surface area contributed by atoms with E-state index in [4.69, 9.17) is 0 Å². The summed E-state index contributed by atoms with van der Waals surface area (Å²) in [4.78, 5) is 11.8. The standard InChI is InChI=1S/C15H14BrIN2O/c16-12-5-3-4-11(10-12)8-9-18-15(20)19-14-7-2-1-6-13(14)17/h1-7,10H,8-9H2,(H2,18,19,20). The van der Waals surface area contributed by atoms with Crippen LogP contribution in [0.25, 0.3) is 0 Å². The van der Waals surface area contributed by atoms with E-state index in [1.165, 1.54) is 5.56 Å². The average molecular weight is 445 g/mol. The van der Waals surface area contributed by atoms with E-state index >= 15 is 0 Å². The largest absolute Gasteiger partial charge is 0.338 e. The first-order chi connectivity index (χ1) is 9.65. The normalized spacial score (nSPS) is 10.1. The molecular formula is C15H14BrIN2O. The molecule has 0 aliphatic rings. The van der Waals surface area contributed by atoms with Gasteiger partial charge in [0.25, 0.3) is 0 Å². The van der Waals surface area contributed by atoms with Gasteiger partial charge >= 0.3 is 6.03 Å². The molecule has 0 spiro atoms. The minimum Gasteiger partial charge on any atom is -0.338 e. The molecule has 0 saturated heterocycles. The molecule has 0 saturated carbocycles. The summed E-state index contributed by atoms with van der Waals surface area (Å²) in [6.07, 6.45) is 0.804. The lowest BCUT2D eigenvalue weighted by molar-refractivity contribution is 0.252. The lowest BCUT2D eigenvalue weighted by Crippen LogP contribution is -2.30. The van der Waals surface area contributed by atoms with E-state index in [1.54, 1.807) is 0 Å². The number of carbonyl (C=O) groups excluding carboxylic acids is 1. The van der Waals surface area contributed by atoms with Gasteiger partial charge in [0.2, 0.25) is 0 Å². The van der Waals surface area contributed by atoms with E-state index in [0.29, 0.717) is 6.54 Å². The van der Waals surface area contributed by atoms with Gasteiger partial charge in [0, 0.05) is 14.6 Å². The Morgan fingerprint density at radius 2 is 1.95 bits per heavy atom. The first-order valence-electron chi connectivity index (χ1n) is 6.19. The number of benzene rings is 2. The van der Waals surface area contributed by atoms with Gasteiger partial charge < -0.3 is 10.6 Å². The highest BCUT2D eigenvalue weighted by molar-refractivity contribution is 14.1. The Bertz CT molecular complexity index is 604. The third-order valence-electron chi connectivity index (χ3n) is 2.71. The summed E-state index contributed by atoms with van der Waals surface area (Å²) < 4.78 is 2.07. The van der Waals surface area contributed by atoms with Crippen molar-refractivity contribution in [3.63, 3.8) is 0 Å². The fourth-order valence-corrected chi connectivity index (χ4v) is 2.71. The van der Waals surface area contributed by atoms with Crippen molar-refractivity contribution in [2.75, 3.05) is 11.9 Å². The van der Waals surface area contributed by atoms with Gasteiger partial charge in [-0.15, -0.1) is 0 Å². The number of urea groups is 1. The van der Waals surface area contributed by atoms with Crippen LogP contribution in [-0.4, -0.2) is 12.6 Å². The molecule has 2 N–H and O–H groups in total. The number of hydrogen-bond donors (Lipinski definition) is 2. The maximum Gasteiger partial charge on any atom is 0.319 e. The molecule has 0 radical (unpaired) electrons. The van der Waals surface area contributed by atoms with E-state index in [2.05, 4.69) is 55.2 Å². The molecule has 0 unspecified atom stereocenters. The quantitative estimate of drug-likeness (QED) is 0.673. The lowest BCUT2D eigenvalue weighted by atomic mass is 10.1. The fourth-order valence-electron chi connectivity index (χ4n) is 1.74. The Morgan fingerprint density at radius 3 is 2.70 bits per heavy atom. The summed E-state index contributed by atoms with van der Waals surface area (Å²) in [6, 6.07) is 15.6. The molecule has 0 aliphatic carbocycles. The van der Waals surface area contributed by atoms with Gasteiger partial charge in [-0.05, 0) is 58.8 Å². The zero-order valence-electron chi connectivity index (χ0n) is 10.7. The molecule has 2 amide bonds. The number of anilines is 1. The predicted octanol–water partition coefficient (Wildman–Crippen LogP) is 4.42. The molecule has 0 atom stereocenters. The molecule has 2 rings (SSSR count). The van der Waals surface area contributed by atoms with Crippen LogP contribution in [0.2, 0.25) is 0 Å². The van der Waals surface area contributed by atoms with Crippen LogP contribution < -0.4 is 10.6 Å². The highest BCUT2D eigenvalue weighted by Crippen LogP contribution is 2.16. The maximum atomic E-state index is 11.8. The molecular weight excluding hydrogens is 431 g/mol. The molecule has 0 fully saturated rings. The monoisotopic (exact) mass is 444 g/mol. The van der Waals surface area contributed by atoms with Gasteiger partial charge in [-0.1, -0.05) is 40.2 Å². The Morgan fingerprint density at radius 1 is 1.15 bits per heavy atom. The Labute approximate surface area is 140 Å². The van der Waals surface area contributed by atoms with Crippen LogP contribution in [0.1, 0.15) is 5.56 Å². The summed E-state index contributed by atoms with van der Waals surface area (Å²) in [5.41, 5.74) is 2.02. The molecule has 2 aromatic rings. The molecule has 0 aliphatic heterocycles. The third kappa shape index (κ3) is 4.79. The molecule has 0 heterocycles. The van der Waals surface area contributed by atoms with Crippen LogP contribution in [-0.2, 0) is 6.42 Å². The van der Waals surface area contributed by atoms with E-state index < -0.39 is 0 Å². The van der Waals surface area contributed by atoms with Crippen molar-refractivity contribution in [2.24, 2.45) is 0 Å². The van der Waals surface area contributed by atoms with Gasteiger partial charge in [0.15, 0.2) is 0 Å². The zero-order chi connectivity index (χ0) is 14.4. The van der Waals surface area contributed by atoms with Crippen molar-refractivity contribution in [3.8, 4) is 0 Å². The molecule has 20 heavy (non-hydrogen) atoms. The van der Waals surface area contributed by atoms with Gasteiger partial charge in [-0.3, -0.25) is 0 Å². The lowest BCUT2D eigenvalue weighted by Gasteiger charge is -2.09. The van der Waals surface area contributed by atoms with E-state index in [0.717, 1.165) is 20.2 Å². The van der Waals surface area contributed by atoms with Gasteiger partial charge in [-0.25, -0.2) is 4.79 Å². The molecule has 104 valence electrons. The van der Waals surface area contributed by atoms with Crippen molar-refractivity contribution in [2.45, 2.75) is 6.42 Å². The molecule has 3 nitrogen and oxygen atoms in total. The van der Waals surface area contributed by atoms with Crippen molar-refractivity contribution in [3.05, 3.63) is 62.1 Å². The number of hydrogen-bond acceptors (Lipinski definition) is 1. The van der Waals surface area contributed by atoms with Crippen LogP contribution in [0.5, 0.6) is 0 Å². The zero-order valence-corrected chi connectivity index (χ0v) is 14.4. The molecule has 0 bridgehead atoms. The first-order valence-corrected chi connectivity index (χ1v) is 8.06. The van der Waals surface area contributed by atoms with Crippen LogP contribution in [0.3, 0.4) is 0 Å². The minimum absolute atomic E-state index is 0.177. The van der Waals surface area contributed by atoms with E-state index in [1.807, 2.05) is 42.5 Å². The van der Waals surface area contributed by atoms with Gasteiger partial charge in [-0.2, -0.15) is 0 Å². The number of carbonyl (C=O) groups is 1. The summed E-state index contributed by atoms with van der Waals surface area (Å²) in [6.45, 7) is 0.603. The number of nitrogens with one attached hydrogen (secondary N) is 2. The van der Waals surface area contributed by atoms with Crippen LogP contribution in [0, 0.1) is 3.57 Å². The van der Waals surface area contributed by atoms with Crippen LogP contribution in [0.15, 0.2) is 53.0 Å². The second-order valence-electron chi connectivity index (χ2n) is 4.24. The van der Waals surface area contributed by atoms with Crippen molar-refractivity contribution in [1.82, 2.24) is 5.32 Å². The summed E-state index contributed by atoms with van der Waals surface area (Å²) >= 11 is 5.63. The van der Waals surface area contributed by atoms with Crippen molar-refractivity contribution >= 4 is 50.2 Å². The average Bonchev–Trinajstić information content (AvgIpc) is 2.41. The van der Waals surface area contributed by atoms with Crippen molar-refractivity contribution in [1.29, 1.82) is 0 Å². The van der Waals surface area contributed by atoms with Crippen LogP contribution >= 0.6 is 38.5 Å². The SMILES string of the molecule is O=C(NCCc1cccc(Br)c1)Nc1ccccc1I. The predicted molar refractivity (Wildman–Crippen MR) is 94.0 cm³/mol. The molecule has 0 aromatic heterocycles. The van der Waals surface area contributed by atoms with E-state index in [-0.39, 0.29) is 6.03 Å². The first kappa shape index (κ1) is 15.3. The van der Waals surface area contributed by atoms with Crippen molar-refractivity contribution < 1.29 is 4.79 Å². The maximum absolute atomic E-state index is 11.8. The molecule has 5 heteroatoms. The number of para-hydroxylation sites is 1. The summed E-state index contributed by atoms with van der Waals surface area (Å²) in [5, 5.41) is 5.70. The Hall–Kier alpha value is -1.08. The highest BCUT2D eigenvalue weighted by Gasteiger charge is 2.03. The highest BCUT2D eigenvalue weighted by atomic mass is 127. The van der Waals surface area contributed by atoms with Crippen LogP contribution in [0.4, 0.5) is 10.5 Å². The van der Waals surface area contributed by atoms with Gasteiger partial charge in [0.05, 0.1) is 5.69 Å². The Balaban J connectivity index is 1.80. The smallest absolute Gasteiger partial charge is 0.319 e.